The van der Waals surface area contributed by atoms with E-state index >= 15 is 0 Å². The summed E-state index contributed by atoms with van der Waals surface area (Å²) >= 11 is 0. The third-order valence-corrected chi connectivity index (χ3v) is 19.7. The van der Waals surface area contributed by atoms with E-state index in [4.69, 9.17) is 18.9 Å². The molecule has 0 unspecified atom stereocenters. The van der Waals surface area contributed by atoms with Crippen LogP contribution in [0.15, 0.2) is 158 Å². The smallest absolute Gasteiger partial charge is 0.260 e. The van der Waals surface area contributed by atoms with Crippen molar-refractivity contribution in [2.24, 2.45) is 0 Å². The fourth-order valence-electron chi connectivity index (χ4n) is 16.9. The molecule has 0 radical (unpaired) electrons. The van der Waals surface area contributed by atoms with Crippen LogP contribution in [0.25, 0.3) is 33.4 Å². The maximum Gasteiger partial charge on any atom is 0.260 e. The van der Waals surface area contributed by atoms with Crippen molar-refractivity contribution < 1.29 is 18.9 Å². The number of nitrogens with one attached hydrogen (secondary N) is 1. The van der Waals surface area contributed by atoms with Crippen molar-refractivity contribution in [3.05, 3.63) is 224 Å². The summed E-state index contributed by atoms with van der Waals surface area (Å²) < 4.78 is 29.0. The standard InChI is InChI=1S/C78H63B3N2O4/c1-39-21-43(5)72(44(6)22-39)51-29-61-75-68(31-51)84-64-19-15-13-17-54(64)79(75)56-35-57-62(37-60(56)82-61)83(78-49(11)27-42(4)28-50(78)12)63-30-52(73-45(7)23-40(2)24-46(73)8)32-69-76(63)81(57)59-36-58-66(38-67(59)86-69)87-71-34-53(74-47(9)25-41(3)26-48(74)10)33-70-77(71)80(58)55-18-14-16-20-65(55)85-70/h13-38,82H,1-12H3. The minimum Gasteiger partial charge on any atom is -0.458 e. The van der Waals surface area contributed by atoms with E-state index in [2.05, 4.69) is 251 Å². The Morgan fingerprint density at radius 1 is 0.287 bits per heavy atom. The first-order valence-electron chi connectivity index (χ1n) is 30.7. The predicted octanol–water partition coefficient (Wildman–Crippen LogP) is 14.2. The largest absolute Gasteiger partial charge is 0.458 e. The highest BCUT2D eigenvalue weighted by atomic mass is 16.5. The highest BCUT2D eigenvalue weighted by Crippen LogP contribution is 2.49. The number of para-hydroxylation sites is 2. The molecule has 0 aliphatic carbocycles. The summed E-state index contributed by atoms with van der Waals surface area (Å²) in [6.07, 6.45) is 0. The monoisotopic (exact) mass is 1120 g/mol. The molecule has 0 saturated carbocycles. The molecule has 0 fully saturated rings. The first-order valence-corrected chi connectivity index (χ1v) is 30.7. The average Bonchev–Trinajstić information content (AvgIpc) is 0.960. The van der Waals surface area contributed by atoms with E-state index in [0.29, 0.717) is 0 Å². The van der Waals surface area contributed by atoms with E-state index in [-0.39, 0.29) is 20.1 Å². The number of nitrogens with zero attached hydrogens (tertiary/aromatic N) is 1. The van der Waals surface area contributed by atoms with Crippen molar-refractivity contribution in [1.29, 1.82) is 0 Å². The van der Waals surface area contributed by atoms with E-state index in [1.807, 2.05) is 0 Å². The Morgan fingerprint density at radius 2 is 0.678 bits per heavy atom. The first kappa shape index (κ1) is 51.8. The van der Waals surface area contributed by atoms with Gasteiger partial charge in [0.15, 0.2) is 0 Å². The van der Waals surface area contributed by atoms with Gasteiger partial charge in [-0.05, 0) is 259 Å². The SMILES string of the molecule is Cc1cc(C)c(-c2cc3c4c(c2)Oc2ccccc2B4c2cc4c(cc2N3)N(c2c(C)cc(C)cc2C)c2cc(-c3c(C)cc(C)cc3C)cc3c2B4c2cc4c(cc2O3)Oc2cc(-c3c(C)cc(C)cc3C)cc3c2B4c2ccccc2O3)c(C)c1. The molecule has 87 heavy (non-hydrogen) atoms. The van der Waals surface area contributed by atoms with Gasteiger partial charge in [0.1, 0.15) is 46.0 Å². The zero-order valence-electron chi connectivity index (χ0n) is 51.3. The Balaban J connectivity index is 0.940. The molecular weight excluding hydrogens is 1060 g/mol. The number of rotatable bonds is 4. The molecule has 6 heterocycles. The fraction of sp³-hybridized carbons (Fsp3) is 0.154. The van der Waals surface area contributed by atoms with Gasteiger partial charge in [0.25, 0.3) is 20.1 Å². The van der Waals surface area contributed by atoms with Crippen LogP contribution in [-0.2, 0) is 0 Å². The summed E-state index contributed by atoms with van der Waals surface area (Å²) in [6, 6.07) is 59.2. The topological polar surface area (TPSA) is 52.2 Å². The zero-order chi connectivity index (χ0) is 59.3. The van der Waals surface area contributed by atoms with Crippen LogP contribution in [0.5, 0.6) is 46.0 Å². The Labute approximate surface area is 511 Å². The quantitative estimate of drug-likeness (QED) is 0.177. The third kappa shape index (κ3) is 7.57. The number of benzene rings is 11. The van der Waals surface area contributed by atoms with Crippen LogP contribution >= 0.6 is 0 Å². The summed E-state index contributed by atoms with van der Waals surface area (Å²) in [5.41, 5.74) is 37.5. The van der Waals surface area contributed by atoms with E-state index in [9.17, 15) is 0 Å². The summed E-state index contributed by atoms with van der Waals surface area (Å²) in [7, 11) is 0. The molecule has 0 saturated heterocycles. The number of aryl methyl sites for hydroxylation is 12. The Morgan fingerprint density at radius 3 is 1.18 bits per heavy atom. The van der Waals surface area contributed by atoms with Gasteiger partial charge in [0.2, 0.25) is 0 Å². The molecule has 418 valence electrons. The highest BCUT2D eigenvalue weighted by molar-refractivity contribution is 7.03. The van der Waals surface area contributed by atoms with Gasteiger partial charge in [-0.2, -0.15) is 0 Å². The predicted molar refractivity (Wildman–Crippen MR) is 364 cm³/mol. The van der Waals surface area contributed by atoms with E-state index in [1.54, 1.807) is 0 Å². The Hall–Kier alpha value is -9.59. The fourth-order valence-corrected chi connectivity index (χ4v) is 16.9. The van der Waals surface area contributed by atoms with Crippen LogP contribution in [-0.4, -0.2) is 20.1 Å². The molecule has 1 N–H and O–H groups in total. The number of fused-ring (bicyclic) bond motifs is 12. The minimum atomic E-state index is -0.252. The van der Waals surface area contributed by atoms with E-state index in [0.717, 1.165) is 124 Å². The molecule has 9 heteroatoms. The molecule has 6 nitrogen and oxygen atoms in total. The lowest BCUT2D eigenvalue weighted by Gasteiger charge is -2.43. The zero-order valence-corrected chi connectivity index (χ0v) is 51.3. The lowest BCUT2D eigenvalue weighted by atomic mass is 9.30. The number of hydrogen-bond donors (Lipinski definition) is 1. The van der Waals surface area contributed by atoms with E-state index < -0.39 is 0 Å². The van der Waals surface area contributed by atoms with Crippen molar-refractivity contribution in [3.63, 3.8) is 0 Å². The summed E-state index contributed by atoms with van der Waals surface area (Å²) in [6.45, 7) is 26.1. The second-order valence-corrected chi connectivity index (χ2v) is 26.0. The molecule has 0 atom stereocenters. The van der Waals surface area contributed by atoms with Crippen LogP contribution in [0.2, 0.25) is 0 Å². The molecule has 17 rings (SSSR count). The van der Waals surface area contributed by atoms with Crippen molar-refractivity contribution in [2.75, 3.05) is 10.2 Å². The van der Waals surface area contributed by atoms with Crippen molar-refractivity contribution in [1.82, 2.24) is 0 Å². The molecule has 11 aromatic rings. The molecular formula is C78H63B3N2O4. The molecule has 0 amide bonds. The van der Waals surface area contributed by atoms with Crippen LogP contribution in [0.3, 0.4) is 0 Å². The molecule has 6 aliphatic rings. The van der Waals surface area contributed by atoms with Crippen molar-refractivity contribution >= 4 is 97.7 Å². The minimum absolute atomic E-state index is 0.120. The maximum absolute atomic E-state index is 7.62. The highest BCUT2D eigenvalue weighted by Gasteiger charge is 2.49. The van der Waals surface area contributed by atoms with Crippen molar-refractivity contribution in [3.8, 4) is 79.4 Å². The summed E-state index contributed by atoms with van der Waals surface area (Å²) in [5, 5.41) is 4.14. The van der Waals surface area contributed by atoms with Gasteiger partial charge in [0, 0.05) is 34.3 Å². The number of hydrogen-bond acceptors (Lipinski definition) is 6. The molecule has 6 aliphatic heterocycles. The first-order chi connectivity index (χ1) is 42.0. The van der Waals surface area contributed by atoms with Crippen molar-refractivity contribution in [2.45, 2.75) is 83.1 Å². The van der Waals surface area contributed by atoms with Gasteiger partial charge < -0.3 is 29.2 Å². The van der Waals surface area contributed by atoms with Crippen LogP contribution < -0.4 is 78.3 Å². The second kappa shape index (κ2) is 18.5. The Bertz CT molecular complexity index is 4890. The van der Waals surface area contributed by atoms with Gasteiger partial charge in [-0.15, -0.1) is 0 Å². The summed E-state index contributed by atoms with van der Waals surface area (Å²) in [5.74, 6) is 6.65. The second-order valence-electron chi connectivity index (χ2n) is 26.0. The van der Waals surface area contributed by atoms with Gasteiger partial charge in [-0.3, -0.25) is 0 Å². The van der Waals surface area contributed by atoms with Crippen LogP contribution in [0, 0.1) is 83.1 Å². The van der Waals surface area contributed by atoms with E-state index in [1.165, 1.54) is 100 Å². The van der Waals surface area contributed by atoms with Gasteiger partial charge in [-0.1, -0.05) is 119 Å². The van der Waals surface area contributed by atoms with Crippen LogP contribution in [0.1, 0.15) is 66.8 Å². The Kier molecular flexibility index (Phi) is 11.0. The molecule has 0 bridgehead atoms. The lowest BCUT2D eigenvalue weighted by Crippen LogP contribution is -2.64. The number of anilines is 5. The maximum atomic E-state index is 7.62. The van der Waals surface area contributed by atoms with Gasteiger partial charge in [-0.25, -0.2) is 0 Å². The molecule has 0 aromatic heterocycles. The number of ether oxygens (including phenoxy) is 4. The average molecular weight is 1120 g/mol. The molecule has 11 aromatic carbocycles. The third-order valence-electron chi connectivity index (χ3n) is 19.7. The summed E-state index contributed by atoms with van der Waals surface area (Å²) in [4.78, 5) is 2.58. The molecule has 0 spiro atoms. The van der Waals surface area contributed by atoms with Gasteiger partial charge in [0.05, 0.1) is 5.69 Å². The van der Waals surface area contributed by atoms with Crippen LogP contribution in [0.4, 0.5) is 28.4 Å². The van der Waals surface area contributed by atoms with Gasteiger partial charge >= 0.3 is 0 Å². The lowest BCUT2D eigenvalue weighted by molar-refractivity contribution is 0.456. The normalized spacial score (nSPS) is 13.7.